The normalized spacial score (nSPS) is 17.7. The molecule has 2 nitrogen and oxygen atoms in total. The van der Waals surface area contributed by atoms with Crippen molar-refractivity contribution in [1.82, 2.24) is 5.32 Å². The van der Waals surface area contributed by atoms with E-state index in [2.05, 4.69) is 29.6 Å². The molecular weight excluding hydrogens is 186 g/mol. The van der Waals surface area contributed by atoms with Crippen LogP contribution in [0, 0.1) is 5.92 Å². The molecule has 1 aliphatic rings. The molecule has 0 radical (unpaired) electrons. The summed E-state index contributed by atoms with van der Waals surface area (Å²) < 4.78 is 5.70. The molecule has 1 aromatic carbocycles. The van der Waals surface area contributed by atoms with Gasteiger partial charge in [-0.25, -0.2) is 0 Å². The van der Waals surface area contributed by atoms with Gasteiger partial charge in [0, 0.05) is 6.61 Å². The van der Waals surface area contributed by atoms with Crippen molar-refractivity contribution in [1.29, 1.82) is 0 Å². The summed E-state index contributed by atoms with van der Waals surface area (Å²) >= 11 is 0. The Labute approximate surface area is 91.6 Å². The fraction of sp³-hybridized carbons (Fsp3) is 0.538. The fourth-order valence-electron chi connectivity index (χ4n) is 1.67. The van der Waals surface area contributed by atoms with Crippen LogP contribution in [0.25, 0.3) is 0 Å². The van der Waals surface area contributed by atoms with Crippen LogP contribution >= 0.6 is 0 Å². The zero-order valence-corrected chi connectivity index (χ0v) is 9.28. The summed E-state index contributed by atoms with van der Waals surface area (Å²) in [6.07, 6.45) is 2.71. The van der Waals surface area contributed by atoms with E-state index in [1.165, 1.54) is 18.4 Å². The van der Waals surface area contributed by atoms with E-state index in [1.54, 1.807) is 0 Å². The molecule has 1 aromatic rings. The van der Waals surface area contributed by atoms with Crippen LogP contribution in [0.3, 0.4) is 0 Å². The van der Waals surface area contributed by atoms with Gasteiger partial charge >= 0.3 is 0 Å². The van der Waals surface area contributed by atoms with E-state index in [9.17, 15) is 0 Å². The smallest absolute Gasteiger partial charge is 0.0661 e. The van der Waals surface area contributed by atoms with Gasteiger partial charge in [-0.1, -0.05) is 30.3 Å². The maximum Gasteiger partial charge on any atom is 0.0661 e. The highest BCUT2D eigenvalue weighted by atomic mass is 16.5. The van der Waals surface area contributed by atoms with Gasteiger partial charge in [0.25, 0.3) is 0 Å². The second-order valence-electron chi connectivity index (χ2n) is 4.23. The molecule has 15 heavy (non-hydrogen) atoms. The van der Waals surface area contributed by atoms with Crippen LogP contribution in [0.4, 0.5) is 0 Å². The average Bonchev–Trinajstić information content (AvgIpc) is 3.10. The van der Waals surface area contributed by atoms with Gasteiger partial charge in [-0.15, -0.1) is 0 Å². The first kappa shape index (κ1) is 10.7. The zero-order valence-electron chi connectivity index (χ0n) is 9.28. The van der Waals surface area contributed by atoms with Crippen LogP contribution in [0.2, 0.25) is 0 Å². The lowest BCUT2D eigenvalue weighted by Crippen LogP contribution is -2.22. The molecule has 82 valence electrons. The third-order valence-electron chi connectivity index (χ3n) is 2.89. The highest BCUT2D eigenvalue weighted by Gasteiger charge is 2.21. The summed E-state index contributed by atoms with van der Waals surface area (Å²) in [6.45, 7) is 1.71. The Morgan fingerprint density at radius 1 is 1.33 bits per heavy atom. The lowest BCUT2D eigenvalue weighted by atomic mass is 10.1. The molecule has 2 heteroatoms. The Kier molecular flexibility index (Phi) is 3.75. The Morgan fingerprint density at radius 2 is 2.07 bits per heavy atom. The highest BCUT2D eigenvalue weighted by Crippen LogP contribution is 2.29. The van der Waals surface area contributed by atoms with Gasteiger partial charge < -0.3 is 10.1 Å². The van der Waals surface area contributed by atoms with Gasteiger partial charge in [0.05, 0.1) is 12.6 Å². The van der Waals surface area contributed by atoms with Crippen LogP contribution < -0.4 is 5.32 Å². The molecular formula is C13H19NO. The number of likely N-dealkylation sites (N-methyl/N-ethyl adjacent to an activating group) is 1. The second kappa shape index (κ2) is 5.29. The average molecular weight is 205 g/mol. The first-order valence-electron chi connectivity index (χ1n) is 5.70. The predicted molar refractivity (Wildman–Crippen MR) is 61.8 cm³/mol. The van der Waals surface area contributed by atoms with Crippen molar-refractivity contribution < 1.29 is 4.74 Å². The Morgan fingerprint density at radius 3 is 2.67 bits per heavy atom. The largest absolute Gasteiger partial charge is 0.379 e. The topological polar surface area (TPSA) is 21.3 Å². The van der Waals surface area contributed by atoms with Crippen LogP contribution in [0.5, 0.6) is 0 Å². The van der Waals surface area contributed by atoms with Gasteiger partial charge in [0.2, 0.25) is 0 Å². The van der Waals surface area contributed by atoms with Gasteiger partial charge in [-0.3, -0.25) is 0 Å². The number of hydrogen-bond donors (Lipinski definition) is 1. The Bertz CT molecular complexity index is 282. The molecule has 1 N–H and O–H groups in total. The van der Waals surface area contributed by atoms with Crippen LogP contribution in [-0.2, 0) is 4.74 Å². The summed E-state index contributed by atoms with van der Waals surface area (Å²) in [5.41, 5.74) is 1.30. The maximum atomic E-state index is 5.70. The summed E-state index contributed by atoms with van der Waals surface area (Å²) in [5, 5.41) is 3.29. The maximum absolute atomic E-state index is 5.70. The molecule has 1 fully saturated rings. The quantitative estimate of drug-likeness (QED) is 0.770. The zero-order chi connectivity index (χ0) is 10.5. The third-order valence-corrected chi connectivity index (χ3v) is 2.89. The van der Waals surface area contributed by atoms with Crippen molar-refractivity contribution in [2.75, 3.05) is 20.3 Å². The molecule has 0 bridgehead atoms. The SMILES string of the molecule is CNC(COCC1CC1)c1ccccc1. The third kappa shape index (κ3) is 3.33. The summed E-state index contributed by atoms with van der Waals surface area (Å²) in [4.78, 5) is 0. The van der Waals surface area contributed by atoms with E-state index in [1.807, 2.05) is 13.1 Å². The van der Waals surface area contributed by atoms with E-state index in [4.69, 9.17) is 4.74 Å². The second-order valence-corrected chi connectivity index (χ2v) is 4.23. The standard InChI is InChI=1S/C13H19NO/c1-14-13(10-15-9-11-7-8-11)12-5-3-2-4-6-12/h2-6,11,13-14H,7-10H2,1H3. The minimum absolute atomic E-state index is 0.324. The molecule has 0 aromatic heterocycles. The molecule has 0 saturated heterocycles. The first-order chi connectivity index (χ1) is 7.40. The van der Waals surface area contributed by atoms with Crippen LogP contribution in [0.1, 0.15) is 24.4 Å². The summed E-state index contributed by atoms with van der Waals surface area (Å²) in [6, 6.07) is 10.8. The molecule has 0 spiro atoms. The van der Waals surface area contributed by atoms with E-state index >= 15 is 0 Å². The molecule has 1 saturated carbocycles. The molecule has 1 unspecified atom stereocenters. The van der Waals surface area contributed by atoms with Gasteiger partial charge in [0.15, 0.2) is 0 Å². The Balaban J connectivity index is 1.80. The van der Waals surface area contributed by atoms with Crippen molar-refractivity contribution in [2.24, 2.45) is 5.92 Å². The number of ether oxygens (including phenoxy) is 1. The minimum Gasteiger partial charge on any atom is -0.379 e. The predicted octanol–water partition coefficient (Wildman–Crippen LogP) is 2.37. The lowest BCUT2D eigenvalue weighted by Gasteiger charge is -2.16. The molecule has 2 rings (SSSR count). The number of benzene rings is 1. The molecule has 0 heterocycles. The van der Waals surface area contributed by atoms with E-state index in [0.29, 0.717) is 6.04 Å². The first-order valence-corrected chi connectivity index (χ1v) is 5.70. The van der Waals surface area contributed by atoms with Crippen molar-refractivity contribution in [3.8, 4) is 0 Å². The van der Waals surface area contributed by atoms with Gasteiger partial charge in [-0.05, 0) is 31.4 Å². The minimum atomic E-state index is 0.324. The van der Waals surface area contributed by atoms with Crippen LogP contribution in [-0.4, -0.2) is 20.3 Å². The monoisotopic (exact) mass is 205 g/mol. The van der Waals surface area contributed by atoms with Crippen molar-refractivity contribution >= 4 is 0 Å². The Hall–Kier alpha value is -0.860. The summed E-state index contributed by atoms with van der Waals surface area (Å²) in [5.74, 6) is 0.846. The van der Waals surface area contributed by atoms with Gasteiger partial charge in [0.1, 0.15) is 0 Å². The number of rotatable bonds is 6. The van der Waals surface area contributed by atoms with Crippen molar-refractivity contribution in [3.63, 3.8) is 0 Å². The molecule has 0 amide bonds. The van der Waals surface area contributed by atoms with E-state index < -0.39 is 0 Å². The van der Waals surface area contributed by atoms with E-state index in [-0.39, 0.29) is 0 Å². The number of hydrogen-bond acceptors (Lipinski definition) is 2. The molecule has 0 aliphatic heterocycles. The van der Waals surface area contributed by atoms with Crippen LogP contribution in [0.15, 0.2) is 30.3 Å². The highest BCUT2D eigenvalue weighted by molar-refractivity contribution is 5.18. The molecule has 1 atom stereocenters. The summed E-state index contributed by atoms with van der Waals surface area (Å²) in [7, 11) is 1.98. The lowest BCUT2D eigenvalue weighted by molar-refractivity contribution is 0.105. The van der Waals surface area contributed by atoms with Gasteiger partial charge in [-0.2, -0.15) is 0 Å². The van der Waals surface area contributed by atoms with Crippen molar-refractivity contribution in [3.05, 3.63) is 35.9 Å². The fourth-order valence-corrected chi connectivity index (χ4v) is 1.67. The van der Waals surface area contributed by atoms with E-state index in [0.717, 1.165) is 19.1 Å². The molecule has 1 aliphatic carbocycles. The van der Waals surface area contributed by atoms with Crippen molar-refractivity contribution in [2.45, 2.75) is 18.9 Å². The number of nitrogens with one attached hydrogen (secondary N) is 1.